The third kappa shape index (κ3) is 2.78. The van der Waals surface area contributed by atoms with Gasteiger partial charge in [0.25, 0.3) is 0 Å². The third-order valence-corrected chi connectivity index (χ3v) is 3.54. The first-order chi connectivity index (χ1) is 10.0. The number of aryl methyl sites for hydroxylation is 1. The molecule has 5 heteroatoms. The van der Waals surface area contributed by atoms with Crippen LogP contribution in [0.25, 0.3) is 0 Å². The highest BCUT2D eigenvalue weighted by Crippen LogP contribution is 2.29. The molecule has 2 aromatic rings. The number of hydrogen-bond acceptors (Lipinski definition) is 2. The van der Waals surface area contributed by atoms with Crippen LogP contribution in [0.15, 0.2) is 36.4 Å². The first-order valence-corrected chi connectivity index (χ1v) is 6.59. The Labute approximate surface area is 120 Å². The lowest BCUT2D eigenvalue weighted by atomic mass is 9.95. The zero-order valence-electron chi connectivity index (χ0n) is 11.1. The van der Waals surface area contributed by atoms with Crippen molar-refractivity contribution in [3.8, 4) is 0 Å². The number of fused-ring (bicyclic) bond motifs is 1. The van der Waals surface area contributed by atoms with E-state index in [0.29, 0.717) is 24.1 Å². The van der Waals surface area contributed by atoms with Crippen LogP contribution in [0.2, 0.25) is 0 Å². The van der Waals surface area contributed by atoms with Crippen LogP contribution in [0, 0.1) is 11.6 Å². The molecule has 1 aliphatic heterocycles. The molecule has 2 N–H and O–H groups in total. The Morgan fingerprint density at radius 3 is 2.43 bits per heavy atom. The topological polar surface area (TPSA) is 49.3 Å². The van der Waals surface area contributed by atoms with Gasteiger partial charge in [-0.05, 0) is 41.3 Å². The first-order valence-electron chi connectivity index (χ1n) is 6.59. The molecule has 0 radical (unpaired) electrons. The standard InChI is InChI=1S/C16H13F2NO2/c17-12-6-11(7-13(18)8-12)16(21)10-1-3-14-9(5-10)2-4-15(20)19-14/h1,3,5-8,16,21H,2,4H2,(H,19,20). The van der Waals surface area contributed by atoms with Crippen molar-refractivity contribution in [2.24, 2.45) is 0 Å². The van der Waals surface area contributed by atoms with E-state index in [0.717, 1.165) is 23.8 Å². The van der Waals surface area contributed by atoms with Crippen molar-refractivity contribution < 1.29 is 18.7 Å². The Morgan fingerprint density at radius 2 is 1.71 bits per heavy atom. The van der Waals surface area contributed by atoms with Crippen molar-refractivity contribution >= 4 is 11.6 Å². The Balaban J connectivity index is 1.94. The number of amides is 1. The number of carbonyl (C=O) groups excluding carboxylic acids is 1. The molecule has 1 heterocycles. The SMILES string of the molecule is O=C1CCc2cc(C(O)c3cc(F)cc(F)c3)ccc2N1. The van der Waals surface area contributed by atoms with Crippen LogP contribution in [0.3, 0.4) is 0 Å². The summed E-state index contributed by atoms with van der Waals surface area (Å²) in [6.45, 7) is 0. The highest BCUT2D eigenvalue weighted by atomic mass is 19.1. The second-order valence-corrected chi connectivity index (χ2v) is 5.07. The highest BCUT2D eigenvalue weighted by Gasteiger charge is 2.18. The molecule has 2 aromatic carbocycles. The monoisotopic (exact) mass is 289 g/mol. The number of hydrogen-bond donors (Lipinski definition) is 2. The quantitative estimate of drug-likeness (QED) is 0.893. The number of nitrogens with one attached hydrogen (secondary N) is 1. The molecule has 3 nitrogen and oxygen atoms in total. The first kappa shape index (κ1) is 13.7. The second-order valence-electron chi connectivity index (χ2n) is 5.07. The van der Waals surface area contributed by atoms with Crippen molar-refractivity contribution in [2.45, 2.75) is 18.9 Å². The van der Waals surface area contributed by atoms with E-state index < -0.39 is 17.7 Å². The number of rotatable bonds is 2. The van der Waals surface area contributed by atoms with E-state index in [1.54, 1.807) is 18.2 Å². The molecule has 108 valence electrons. The normalized spacial score (nSPS) is 15.3. The summed E-state index contributed by atoms with van der Waals surface area (Å²) >= 11 is 0. The third-order valence-electron chi connectivity index (χ3n) is 3.54. The van der Waals surface area contributed by atoms with Crippen molar-refractivity contribution in [3.63, 3.8) is 0 Å². The molecule has 0 saturated heterocycles. The van der Waals surface area contributed by atoms with E-state index in [2.05, 4.69) is 5.32 Å². The zero-order valence-corrected chi connectivity index (χ0v) is 11.1. The number of benzene rings is 2. The van der Waals surface area contributed by atoms with Crippen LogP contribution in [0.5, 0.6) is 0 Å². The number of halogens is 2. The van der Waals surface area contributed by atoms with Gasteiger partial charge in [-0.1, -0.05) is 12.1 Å². The highest BCUT2D eigenvalue weighted by molar-refractivity contribution is 5.93. The summed E-state index contributed by atoms with van der Waals surface area (Å²) < 4.78 is 26.4. The minimum atomic E-state index is -1.11. The summed E-state index contributed by atoms with van der Waals surface area (Å²) in [7, 11) is 0. The fourth-order valence-electron chi connectivity index (χ4n) is 2.50. The maximum absolute atomic E-state index is 13.2. The Hall–Kier alpha value is -2.27. The van der Waals surface area contributed by atoms with Crippen molar-refractivity contribution in [2.75, 3.05) is 5.32 Å². The van der Waals surface area contributed by atoms with E-state index in [4.69, 9.17) is 0 Å². The molecule has 1 atom stereocenters. The predicted octanol–water partition coefficient (Wildman–Crippen LogP) is 2.93. The average molecular weight is 289 g/mol. The van der Waals surface area contributed by atoms with Gasteiger partial charge in [0.2, 0.25) is 5.91 Å². The minimum Gasteiger partial charge on any atom is -0.384 e. The van der Waals surface area contributed by atoms with Crippen LogP contribution in [-0.4, -0.2) is 11.0 Å². The van der Waals surface area contributed by atoms with E-state index in [-0.39, 0.29) is 11.5 Å². The number of aliphatic hydroxyl groups excluding tert-OH is 1. The summed E-state index contributed by atoms with van der Waals surface area (Å²) in [5, 5.41) is 13.0. The predicted molar refractivity (Wildman–Crippen MR) is 73.8 cm³/mol. The van der Waals surface area contributed by atoms with Crippen molar-refractivity contribution in [1.29, 1.82) is 0 Å². The van der Waals surface area contributed by atoms with Gasteiger partial charge in [-0.25, -0.2) is 8.78 Å². The summed E-state index contributed by atoms with van der Waals surface area (Å²) in [5.74, 6) is -1.49. The van der Waals surface area contributed by atoms with Gasteiger partial charge in [-0.3, -0.25) is 4.79 Å². The maximum atomic E-state index is 13.2. The van der Waals surface area contributed by atoms with Crippen LogP contribution >= 0.6 is 0 Å². The van der Waals surface area contributed by atoms with Gasteiger partial charge in [0.15, 0.2) is 0 Å². The number of anilines is 1. The van der Waals surface area contributed by atoms with Crippen LogP contribution < -0.4 is 5.32 Å². The Kier molecular flexibility index (Phi) is 3.43. The lowest BCUT2D eigenvalue weighted by molar-refractivity contribution is -0.116. The number of carbonyl (C=O) groups is 1. The van der Waals surface area contributed by atoms with Crippen molar-refractivity contribution in [1.82, 2.24) is 0 Å². The Morgan fingerprint density at radius 1 is 1.00 bits per heavy atom. The molecule has 0 spiro atoms. The molecule has 0 fully saturated rings. The summed E-state index contributed by atoms with van der Waals surface area (Å²) in [6, 6.07) is 8.06. The smallest absolute Gasteiger partial charge is 0.224 e. The molecule has 1 amide bonds. The molecule has 0 aromatic heterocycles. The van der Waals surface area contributed by atoms with E-state index >= 15 is 0 Å². The number of aliphatic hydroxyl groups is 1. The lowest BCUT2D eigenvalue weighted by Gasteiger charge is -2.19. The van der Waals surface area contributed by atoms with Gasteiger partial charge >= 0.3 is 0 Å². The molecule has 3 rings (SSSR count). The maximum Gasteiger partial charge on any atom is 0.224 e. The summed E-state index contributed by atoms with van der Waals surface area (Å²) in [4.78, 5) is 11.3. The zero-order chi connectivity index (χ0) is 15.0. The molecular formula is C16H13F2NO2. The van der Waals surface area contributed by atoms with E-state index in [9.17, 15) is 18.7 Å². The molecule has 0 saturated carbocycles. The van der Waals surface area contributed by atoms with Crippen LogP contribution in [-0.2, 0) is 11.2 Å². The van der Waals surface area contributed by atoms with Crippen molar-refractivity contribution in [3.05, 3.63) is 64.7 Å². The molecule has 0 bridgehead atoms. The molecule has 1 unspecified atom stereocenters. The minimum absolute atomic E-state index is 0.0389. The largest absolute Gasteiger partial charge is 0.384 e. The van der Waals surface area contributed by atoms with Gasteiger partial charge < -0.3 is 10.4 Å². The van der Waals surface area contributed by atoms with Gasteiger partial charge in [0.05, 0.1) is 0 Å². The fourth-order valence-corrected chi connectivity index (χ4v) is 2.50. The molecule has 1 aliphatic rings. The summed E-state index contributed by atoms with van der Waals surface area (Å²) in [5.41, 5.74) is 2.32. The Bertz CT molecular complexity index is 695. The van der Waals surface area contributed by atoms with Gasteiger partial charge in [0, 0.05) is 18.2 Å². The van der Waals surface area contributed by atoms with Crippen LogP contribution in [0.4, 0.5) is 14.5 Å². The molecular weight excluding hydrogens is 276 g/mol. The lowest BCUT2D eigenvalue weighted by Crippen LogP contribution is -2.19. The molecule has 21 heavy (non-hydrogen) atoms. The van der Waals surface area contributed by atoms with Crippen LogP contribution in [0.1, 0.15) is 29.2 Å². The van der Waals surface area contributed by atoms with Gasteiger partial charge in [0.1, 0.15) is 17.7 Å². The summed E-state index contributed by atoms with van der Waals surface area (Å²) in [6.07, 6.45) is -0.140. The van der Waals surface area contributed by atoms with Gasteiger partial charge in [-0.2, -0.15) is 0 Å². The van der Waals surface area contributed by atoms with E-state index in [1.165, 1.54) is 0 Å². The second kappa shape index (κ2) is 5.26. The fraction of sp³-hybridized carbons (Fsp3) is 0.188. The average Bonchev–Trinajstić information content (AvgIpc) is 2.45. The van der Waals surface area contributed by atoms with Gasteiger partial charge in [-0.15, -0.1) is 0 Å². The van der Waals surface area contributed by atoms with E-state index in [1.807, 2.05) is 0 Å². The molecule has 0 aliphatic carbocycles.